The lowest BCUT2D eigenvalue weighted by Crippen LogP contribution is -2.07. The summed E-state index contributed by atoms with van der Waals surface area (Å²) in [7, 11) is 0. The second-order valence-electron chi connectivity index (χ2n) is 2.53. The molecule has 1 rings (SSSR count). The zero-order chi connectivity index (χ0) is 7.23. The third kappa shape index (κ3) is 2.50. The highest BCUT2D eigenvalue weighted by Gasteiger charge is 2.03. The third-order valence-corrected chi connectivity index (χ3v) is 1.64. The number of aliphatic hydroxyl groups excluding tert-OH is 1. The summed E-state index contributed by atoms with van der Waals surface area (Å²) in [5, 5.41) is 8.51. The Morgan fingerprint density at radius 3 is 3.10 bits per heavy atom. The minimum atomic E-state index is 0.253. The largest absolute Gasteiger partial charge is 0.396 e. The van der Waals surface area contributed by atoms with Crippen molar-refractivity contribution in [3.05, 3.63) is 11.6 Å². The summed E-state index contributed by atoms with van der Waals surface area (Å²) in [6, 6.07) is 0. The van der Waals surface area contributed by atoms with Gasteiger partial charge in [-0.3, -0.25) is 0 Å². The normalized spacial score (nSPS) is 23.5. The fourth-order valence-corrected chi connectivity index (χ4v) is 1.11. The molecule has 1 fully saturated rings. The van der Waals surface area contributed by atoms with E-state index in [1.165, 1.54) is 5.57 Å². The van der Waals surface area contributed by atoms with Crippen molar-refractivity contribution in [3.8, 4) is 0 Å². The first kappa shape index (κ1) is 7.76. The van der Waals surface area contributed by atoms with Crippen molar-refractivity contribution in [1.82, 2.24) is 0 Å². The van der Waals surface area contributed by atoms with E-state index in [1.54, 1.807) is 0 Å². The van der Waals surface area contributed by atoms with Crippen LogP contribution < -0.4 is 0 Å². The minimum Gasteiger partial charge on any atom is -0.396 e. The van der Waals surface area contributed by atoms with Gasteiger partial charge in [-0.25, -0.2) is 0 Å². The molecule has 1 saturated heterocycles. The minimum absolute atomic E-state index is 0.253. The van der Waals surface area contributed by atoms with Crippen molar-refractivity contribution in [2.75, 3.05) is 19.8 Å². The highest BCUT2D eigenvalue weighted by atomic mass is 16.5. The number of hydrogen-bond acceptors (Lipinski definition) is 2. The summed E-state index contributed by atoms with van der Waals surface area (Å²) in [4.78, 5) is 0. The molecule has 0 aromatic carbocycles. The average Bonchev–Trinajstić information content (AvgIpc) is 2.03. The van der Waals surface area contributed by atoms with Crippen molar-refractivity contribution >= 4 is 0 Å². The molecule has 0 radical (unpaired) electrons. The van der Waals surface area contributed by atoms with Gasteiger partial charge in [-0.05, 0) is 24.8 Å². The Bertz CT molecular complexity index is 110. The van der Waals surface area contributed by atoms with Gasteiger partial charge in [-0.15, -0.1) is 0 Å². The van der Waals surface area contributed by atoms with E-state index in [1.807, 2.05) is 0 Å². The highest BCUT2D eigenvalue weighted by molar-refractivity contribution is 5.03. The summed E-state index contributed by atoms with van der Waals surface area (Å²) in [6.45, 7) is 1.93. The van der Waals surface area contributed by atoms with Gasteiger partial charge in [-0.1, -0.05) is 6.08 Å². The van der Waals surface area contributed by atoms with Gasteiger partial charge in [0.2, 0.25) is 0 Å². The van der Waals surface area contributed by atoms with Gasteiger partial charge < -0.3 is 9.84 Å². The molecular formula is C8H14O2. The Labute approximate surface area is 61.5 Å². The molecule has 2 nitrogen and oxygen atoms in total. The standard InChI is InChI=1S/C8H14O2/c9-5-1-3-8-4-2-6-10-7-8/h3,9H,1-2,4-7H2/b8-3+. The van der Waals surface area contributed by atoms with Crippen molar-refractivity contribution in [2.45, 2.75) is 19.3 Å². The maximum atomic E-state index is 8.51. The Kier molecular flexibility index (Phi) is 3.47. The molecule has 0 aliphatic carbocycles. The molecule has 0 bridgehead atoms. The van der Waals surface area contributed by atoms with E-state index >= 15 is 0 Å². The molecule has 10 heavy (non-hydrogen) atoms. The maximum Gasteiger partial charge on any atom is 0.0676 e. The van der Waals surface area contributed by atoms with E-state index in [-0.39, 0.29) is 6.61 Å². The van der Waals surface area contributed by atoms with E-state index in [0.29, 0.717) is 0 Å². The Balaban J connectivity index is 2.23. The molecule has 1 N–H and O–H groups in total. The summed E-state index contributed by atoms with van der Waals surface area (Å²) >= 11 is 0. The van der Waals surface area contributed by atoms with E-state index in [0.717, 1.165) is 32.5 Å². The first-order chi connectivity index (χ1) is 4.93. The molecule has 1 heterocycles. The van der Waals surface area contributed by atoms with Crippen LogP contribution in [-0.4, -0.2) is 24.9 Å². The SMILES string of the molecule is OCC/C=C1\CCCOC1. The predicted octanol–water partition coefficient (Wildman–Crippen LogP) is 1.11. The summed E-state index contributed by atoms with van der Waals surface area (Å²) < 4.78 is 5.23. The van der Waals surface area contributed by atoms with Gasteiger partial charge in [0, 0.05) is 13.2 Å². The van der Waals surface area contributed by atoms with Crippen LogP contribution in [0.15, 0.2) is 11.6 Å². The molecule has 0 atom stereocenters. The van der Waals surface area contributed by atoms with Gasteiger partial charge in [0.05, 0.1) is 6.61 Å². The van der Waals surface area contributed by atoms with Gasteiger partial charge >= 0.3 is 0 Å². The molecule has 2 heteroatoms. The second kappa shape index (κ2) is 4.47. The lowest BCUT2D eigenvalue weighted by atomic mass is 10.1. The maximum absolute atomic E-state index is 8.51. The summed E-state index contributed by atoms with van der Waals surface area (Å²) in [6.07, 6.45) is 5.15. The van der Waals surface area contributed by atoms with E-state index < -0.39 is 0 Å². The van der Waals surface area contributed by atoms with Crippen LogP contribution >= 0.6 is 0 Å². The monoisotopic (exact) mass is 142 g/mol. The van der Waals surface area contributed by atoms with Crippen molar-refractivity contribution in [1.29, 1.82) is 0 Å². The molecule has 0 spiro atoms. The lowest BCUT2D eigenvalue weighted by Gasteiger charge is -2.13. The molecule has 1 aliphatic heterocycles. The van der Waals surface area contributed by atoms with E-state index in [4.69, 9.17) is 9.84 Å². The molecule has 1 aliphatic rings. The first-order valence-corrected chi connectivity index (χ1v) is 3.80. The summed E-state index contributed by atoms with van der Waals surface area (Å²) in [5.74, 6) is 0. The number of ether oxygens (including phenoxy) is 1. The van der Waals surface area contributed by atoms with Gasteiger partial charge in [0.25, 0.3) is 0 Å². The predicted molar refractivity (Wildman–Crippen MR) is 39.8 cm³/mol. The van der Waals surface area contributed by atoms with Gasteiger partial charge in [-0.2, -0.15) is 0 Å². The smallest absolute Gasteiger partial charge is 0.0676 e. The quantitative estimate of drug-likeness (QED) is 0.585. The van der Waals surface area contributed by atoms with Crippen LogP contribution in [-0.2, 0) is 4.74 Å². The molecule has 58 valence electrons. The Morgan fingerprint density at radius 2 is 2.50 bits per heavy atom. The van der Waals surface area contributed by atoms with Crippen LogP contribution in [0.25, 0.3) is 0 Å². The molecule has 0 amide bonds. The molecule has 0 unspecified atom stereocenters. The van der Waals surface area contributed by atoms with Crippen molar-refractivity contribution in [3.63, 3.8) is 0 Å². The Hall–Kier alpha value is -0.340. The van der Waals surface area contributed by atoms with E-state index in [9.17, 15) is 0 Å². The fourth-order valence-electron chi connectivity index (χ4n) is 1.11. The zero-order valence-electron chi connectivity index (χ0n) is 6.18. The van der Waals surface area contributed by atoms with Gasteiger partial charge in [0.1, 0.15) is 0 Å². The highest BCUT2D eigenvalue weighted by Crippen LogP contribution is 2.12. The van der Waals surface area contributed by atoms with Crippen molar-refractivity contribution in [2.24, 2.45) is 0 Å². The van der Waals surface area contributed by atoms with Crippen LogP contribution in [0.4, 0.5) is 0 Å². The van der Waals surface area contributed by atoms with E-state index in [2.05, 4.69) is 6.08 Å². The lowest BCUT2D eigenvalue weighted by molar-refractivity contribution is 0.129. The van der Waals surface area contributed by atoms with Crippen LogP contribution in [0.3, 0.4) is 0 Å². The number of hydrogen-bond donors (Lipinski definition) is 1. The third-order valence-electron chi connectivity index (χ3n) is 1.64. The topological polar surface area (TPSA) is 29.5 Å². The number of aliphatic hydroxyl groups is 1. The Morgan fingerprint density at radius 1 is 1.60 bits per heavy atom. The molecular weight excluding hydrogens is 128 g/mol. The van der Waals surface area contributed by atoms with Crippen LogP contribution in [0.1, 0.15) is 19.3 Å². The average molecular weight is 142 g/mol. The van der Waals surface area contributed by atoms with Crippen LogP contribution in [0.5, 0.6) is 0 Å². The van der Waals surface area contributed by atoms with Crippen molar-refractivity contribution < 1.29 is 9.84 Å². The fraction of sp³-hybridized carbons (Fsp3) is 0.750. The molecule has 0 aromatic heterocycles. The summed E-state index contributed by atoms with van der Waals surface area (Å²) in [5.41, 5.74) is 1.35. The van der Waals surface area contributed by atoms with Gasteiger partial charge in [0.15, 0.2) is 0 Å². The molecule has 0 aromatic rings. The number of rotatable bonds is 2. The van der Waals surface area contributed by atoms with Crippen LogP contribution in [0.2, 0.25) is 0 Å². The molecule has 0 saturated carbocycles. The first-order valence-electron chi connectivity index (χ1n) is 3.80. The van der Waals surface area contributed by atoms with Crippen LogP contribution in [0, 0.1) is 0 Å². The second-order valence-corrected chi connectivity index (χ2v) is 2.53. The zero-order valence-corrected chi connectivity index (χ0v) is 6.18.